The van der Waals surface area contributed by atoms with Crippen LogP contribution in [0, 0.1) is 0 Å². The van der Waals surface area contributed by atoms with Gasteiger partial charge in [0.05, 0.1) is 5.25 Å². The number of benzene rings is 2. The molecule has 0 saturated carbocycles. The number of nitrogens with zero attached hydrogens (tertiary/aromatic N) is 1. The number of thioether (sulfide) groups is 1. The normalized spacial score (nSPS) is 12.2. The van der Waals surface area contributed by atoms with Crippen molar-refractivity contribution in [2.45, 2.75) is 45.0 Å². The Kier molecular flexibility index (Phi) is 8.89. The summed E-state index contributed by atoms with van der Waals surface area (Å²) in [5.74, 6) is 1.16. The van der Waals surface area contributed by atoms with Gasteiger partial charge in [0.1, 0.15) is 0 Å². The van der Waals surface area contributed by atoms with E-state index in [1.165, 1.54) is 23.1 Å². The summed E-state index contributed by atoms with van der Waals surface area (Å²) < 4.78 is 0. The zero-order valence-electron chi connectivity index (χ0n) is 17.0. The van der Waals surface area contributed by atoms with E-state index in [0.717, 1.165) is 24.3 Å². The molecular formula is C23H32N2OS. The lowest BCUT2D eigenvalue weighted by Crippen LogP contribution is -2.30. The molecule has 4 heteroatoms. The van der Waals surface area contributed by atoms with Crippen LogP contribution in [0.3, 0.4) is 0 Å². The molecule has 0 radical (unpaired) electrons. The lowest BCUT2D eigenvalue weighted by Gasteiger charge is -2.15. The summed E-state index contributed by atoms with van der Waals surface area (Å²) in [5, 5.41) is 3.10. The molecule has 0 bridgehead atoms. The van der Waals surface area contributed by atoms with Crippen molar-refractivity contribution < 1.29 is 4.79 Å². The highest BCUT2D eigenvalue weighted by Gasteiger charge is 2.13. The molecule has 0 fully saturated rings. The van der Waals surface area contributed by atoms with Gasteiger partial charge >= 0.3 is 0 Å². The van der Waals surface area contributed by atoms with Crippen molar-refractivity contribution in [2.75, 3.05) is 19.8 Å². The molecule has 2 rings (SSSR count). The van der Waals surface area contributed by atoms with Crippen LogP contribution in [-0.4, -0.2) is 35.9 Å². The zero-order valence-corrected chi connectivity index (χ0v) is 17.8. The Morgan fingerprint density at radius 3 is 2.48 bits per heavy atom. The summed E-state index contributed by atoms with van der Waals surface area (Å²) in [4.78, 5) is 14.5. The third-order valence-corrected chi connectivity index (χ3v) is 5.71. The van der Waals surface area contributed by atoms with Gasteiger partial charge in [-0.25, -0.2) is 0 Å². The first kappa shape index (κ1) is 21.5. The van der Waals surface area contributed by atoms with Crippen LogP contribution in [0.25, 0.3) is 11.1 Å². The second-order valence-corrected chi connectivity index (χ2v) is 8.62. The SMILES string of the molecule is CCCCSC(C)C(=O)NCc1ccccc1-c1ccc(CN(C)C)cc1. The molecule has 27 heavy (non-hydrogen) atoms. The van der Waals surface area contributed by atoms with E-state index in [0.29, 0.717) is 6.54 Å². The predicted octanol–water partition coefficient (Wildman–Crippen LogP) is 4.95. The van der Waals surface area contributed by atoms with E-state index in [2.05, 4.69) is 73.7 Å². The quantitative estimate of drug-likeness (QED) is 0.588. The third kappa shape index (κ3) is 7.04. The van der Waals surface area contributed by atoms with Crippen molar-refractivity contribution in [3.05, 3.63) is 59.7 Å². The average Bonchev–Trinajstić information content (AvgIpc) is 2.66. The lowest BCUT2D eigenvalue weighted by molar-refractivity contribution is -0.120. The van der Waals surface area contributed by atoms with Gasteiger partial charge in [-0.3, -0.25) is 4.79 Å². The van der Waals surface area contributed by atoms with Crippen LogP contribution in [0.4, 0.5) is 0 Å². The molecule has 0 aliphatic heterocycles. The molecule has 146 valence electrons. The van der Waals surface area contributed by atoms with Gasteiger partial charge in [0.2, 0.25) is 5.91 Å². The summed E-state index contributed by atoms with van der Waals surface area (Å²) in [5.41, 5.74) is 4.82. The monoisotopic (exact) mass is 384 g/mol. The van der Waals surface area contributed by atoms with Crippen molar-refractivity contribution in [3.8, 4) is 11.1 Å². The number of amides is 1. The summed E-state index contributed by atoms with van der Waals surface area (Å²) in [7, 11) is 4.15. The molecule has 1 unspecified atom stereocenters. The molecular weight excluding hydrogens is 352 g/mol. The Balaban J connectivity index is 2.02. The smallest absolute Gasteiger partial charge is 0.233 e. The van der Waals surface area contributed by atoms with Gasteiger partial charge in [-0.15, -0.1) is 11.8 Å². The molecule has 0 saturated heterocycles. The number of carbonyl (C=O) groups excluding carboxylic acids is 1. The molecule has 1 amide bonds. The van der Waals surface area contributed by atoms with E-state index in [4.69, 9.17) is 0 Å². The fraction of sp³-hybridized carbons (Fsp3) is 0.435. The number of carbonyl (C=O) groups is 1. The van der Waals surface area contributed by atoms with Gasteiger partial charge in [0.15, 0.2) is 0 Å². The molecule has 3 nitrogen and oxygen atoms in total. The maximum Gasteiger partial charge on any atom is 0.233 e. The van der Waals surface area contributed by atoms with Crippen LogP contribution in [0.5, 0.6) is 0 Å². The van der Waals surface area contributed by atoms with Crippen LogP contribution in [-0.2, 0) is 17.9 Å². The molecule has 1 N–H and O–H groups in total. The first-order chi connectivity index (χ1) is 13.0. The molecule has 1 atom stereocenters. The van der Waals surface area contributed by atoms with Crippen LogP contribution >= 0.6 is 11.8 Å². The van der Waals surface area contributed by atoms with Crippen LogP contribution in [0.15, 0.2) is 48.5 Å². The molecule has 0 aliphatic carbocycles. The summed E-state index contributed by atoms with van der Waals surface area (Å²) in [6.07, 6.45) is 2.33. The van der Waals surface area contributed by atoms with Crippen LogP contribution < -0.4 is 5.32 Å². The Labute approximate surface area is 168 Å². The highest BCUT2D eigenvalue weighted by Crippen LogP contribution is 2.24. The third-order valence-electron chi connectivity index (χ3n) is 4.47. The van der Waals surface area contributed by atoms with Crippen molar-refractivity contribution in [1.29, 1.82) is 0 Å². The molecule has 0 heterocycles. The van der Waals surface area contributed by atoms with E-state index in [1.54, 1.807) is 11.8 Å². The van der Waals surface area contributed by atoms with Gasteiger partial charge in [0, 0.05) is 13.1 Å². The summed E-state index contributed by atoms with van der Waals surface area (Å²) >= 11 is 1.74. The Morgan fingerprint density at radius 2 is 1.81 bits per heavy atom. The molecule has 2 aromatic carbocycles. The number of unbranched alkanes of at least 4 members (excludes halogenated alkanes) is 1. The Hall–Kier alpha value is -1.78. The largest absolute Gasteiger partial charge is 0.351 e. The highest BCUT2D eigenvalue weighted by molar-refractivity contribution is 8.00. The number of rotatable bonds is 10. The molecule has 0 aliphatic rings. The fourth-order valence-corrected chi connectivity index (χ4v) is 3.96. The van der Waals surface area contributed by atoms with Crippen molar-refractivity contribution in [3.63, 3.8) is 0 Å². The second-order valence-electron chi connectivity index (χ2n) is 7.18. The second kappa shape index (κ2) is 11.2. The molecule has 0 spiro atoms. The Bertz CT molecular complexity index is 713. The van der Waals surface area contributed by atoms with Crippen molar-refractivity contribution in [1.82, 2.24) is 10.2 Å². The van der Waals surface area contributed by atoms with Gasteiger partial charge in [0.25, 0.3) is 0 Å². The van der Waals surface area contributed by atoms with Crippen LogP contribution in [0.2, 0.25) is 0 Å². The van der Waals surface area contributed by atoms with Crippen molar-refractivity contribution >= 4 is 17.7 Å². The van der Waals surface area contributed by atoms with Gasteiger partial charge < -0.3 is 10.2 Å². The first-order valence-corrected chi connectivity index (χ1v) is 10.8. The minimum Gasteiger partial charge on any atom is -0.351 e. The summed E-state index contributed by atoms with van der Waals surface area (Å²) in [6.45, 7) is 5.67. The minimum atomic E-state index is -0.00553. The number of hydrogen-bond acceptors (Lipinski definition) is 3. The first-order valence-electron chi connectivity index (χ1n) is 9.72. The number of nitrogens with one attached hydrogen (secondary N) is 1. The maximum atomic E-state index is 12.4. The summed E-state index contributed by atoms with van der Waals surface area (Å²) in [6, 6.07) is 17.0. The zero-order chi connectivity index (χ0) is 19.6. The van der Waals surface area contributed by atoms with Gasteiger partial charge in [-0.05, 0) is 55.4 Å². The average molecular weight is 385 g/mol. The van der Waals surface area contributed by atoms with Gasteiger partial charge in [-0.2, -0.15) is 0 Å². The maximum absolute atomic E-state index is 12.4. The molecule has 2 aromatic rings. The van der Waals surface area contributed by atoms with Crippen molar-refractivity contribution in [2.24, 2.45) is 0 Å². The van der Waals surface area contributed by atoms with E-state index >= 15 is 0 Å². The highest BCUT2D eigenvalue weighted by atomic mass is 32.2. The molecule has 0 aromatic heterocycles. The van der Waals surface area contributed by atoms with Gasteiger partial charge in [-0.1, -0.05) is 61.9 Å². The van der Waals surface area contributed by atoms with E-state index in [1.807, 2.05) is 13.0 Å². The minimum absolute atomic E-state index is 0.00553. The predicted molar refractivity (Wildman–Crippen MR) is 118 cm³/mol. The Morgan fingerprint density at radius 1 is 1.11 bits per heavy atom. The number of hydrogen-bond donors (Lipinski definition) is 1. The standard InChI is InChI=1S/C23H32N2OS/c1-5-6-15-27-18(2)23(26)24-16-21-9-7-8-10-22(21)20-13-11-19(12-14-20)17-25(3)4/h7-14,18H,5-6,15-17H2,1-4H3,(H,24,26). The van der Waals surface area contributed by atoms with E-state index < -0.39 is 0 Å². The van der Waals surface area contributed by atoms with E-state index in [9.17, 15) is 4.79 Å². The van der Waals surface area contributed by atoms with E-state index in [-0.39, 0.29) is 11.2 Å². The topological polar surface area (TPSA) is 32.3 Å². The lowest BCUT2D eigenvalue weighted by atomic mass is 9.98. The van der Waals surface area contributed by atoms with Crippen LogP contribution in [0.1, 0.15) is 37.8 Å². The fourth-order valence-electron chi connectivity index (χ4n) is 2.92.